The third kappa shape index (κ3) is 2.46. The molecular formula is C13H19FN2. The first-order valence-electron chi connectivity index (χ1n) is 5.88. The molecule has 0 radical (unpaired) electrons. The molecule has 3 heteroatoms. The highest BCUT2D eigenvalue weighted by molar-refractivity contribution is 5.65. The Bertz CT molecular complexity index is 370. The molecule has 1 saturated carbocycles. The molecule has 0 unspecified atom stereocenters. The Morgan fingerprint density at radius 3 is 2.69 bits per heavy atom. The molecule has 16 heavy (non-hydrogen) atoms. The molecule has 0 atom stereocenters. The summed E-state index contributed by atoms with van der Waals surface area (Å²) >= 11 is 0. The van der Waals surface area contributed by atoms with Crippen molar-refractivity contribution in [2.24, 2.45) is 5.41 Å². The van der Waals surface area contributed by atoms with E-state index in [9.17, 15) is 4.39 Å². The first-order valence-corrected chi connectivity index (χ1v) is 5.88. The number of anilines is 2. The Morgan fingerprint density at radius 1 is 1.38 bits per heavy atom. The minimum Gasteiger partial charge on any atom is -0.397 e. The van der Waals surface area contributed by atoms with Gasteiger partial charge in [-0.15, -0.1) is 0 Å². The van der Waals surface area contributed by atoms with Crippen LogP contribution in [0.1, 0.15) is 32.6 Å². The minimum atomic E-state index is -0.282. The number of rotatable bonds is 3. The molecule has 0 spiro atoms. The van der Waals surface area contributed by atoms with Crippen LogP contribution in [-0.2, 0) is 0 Å². The molecule has 1 aliphatic rings. The number of halogens is 1. The predicted octanol–water partition coefficient (Wildman–Crippen LogP) is 3.40. The Hall–Kier alpha value is -1.25. The van der Waals surface area contributed by atoms with Crippen molar-refractivity contribution in [3.63, 3.8) is 0 Å². The Labute approximate surface area is 96.0 Å². The number of nitrogens with one attached hydrogen (secondary N) is 1. The Balaban J connectivity index is 1.99. The highest BCUT2D eigenvalue weighted by Crippen LogP contribution is 2.37. The van der Waals surface area contributed by atoms with E-state index in [1.807, 2.05) is 0 Å². The summed E-state index contributed by atoms with van der Waals surface area (Å²) in [6, 6.07) is 4.51. The van der Waals surface area contributed by atoms with E-state index in [0.717, 1.165) is 12.2 Å². The van der Waals surface area contributed by atoms with Gasteiger partial charge in [0.15, 0.2) is 0 Å². The van der Waals surface area contributed by atoms with E-state index in [4.69, 9.17) is 5.73 Å². The SMILES string of the molecule is CC1(CNc2ccc(F)cc2N)CCCC1. The van der Waals surface area contributed by atoms with Crippen LogP contribution in [0.25, 0.3) is 0 Å². The summed E-state index contributed by atoms with van der Waals surface area (Å²) in [6.45, 7) is 3.22. The second-order valence-electron chi connectivity index (χ2n) is 5.10. The van der Waals surface area contributed by atoms with Crippen molar-refractivity contribution in [1.29, 1.82) is 0 Å². The molecule has 0 saturated heterocycles. The summed E-state index contributed by atoms with van der Waals surface area (Å²) < 4.78 is 12.9. The first-order chi connectivity index (χ1) is 7.59. The van der Waals surface area contributed by atoms with Crippen LogP contribution in [0.2, 0.25) is 0 Å². The van der Waals surface area contributed by atoms with Crippen molar-refractivity contribution in [2.75, 3.05) is 17.6 Å². The van der Waals surface area contributed by atoms with Crippen LogP contribution in [-0.4, -0.2) is 6.54 Å². The molecule has 3 N–H and O–H groups in total. The van der Waals surface area contributed by atoms with E-state index < -0.39 is 0 Å². The molecular weight excluding hydrogens is 203 g/mol. The van der Waals surface area contributed by atoms with E-state index in [1.165, 1.54) is 37.8 Å². The molecule has 0 heterocycles. The maximum Gasteiger partial charge on any atom is 0.125 e. The van der Waals surface area contributed by atoms with Gasteiger partial charge in [0.2, 0.25) is 0 Å². The number of nitrogen functional groups attached to an aromatic ring is 1. The molecule has 1 fully saturated rings. The summed E-state index contributed by atoms with van der Waals surface area (Å²) in [6.07, 6.45) is 5.16. The second-order valence-corrected chi connectivity index (χ2v) is 5.10. The maximum absolute atomic E-state index is 12.9. The first kappa shape index (κ1) is 11.2. The average molecular weight is 222 g/mol. The van der Waals surface area contributed by atoms with Gasteiger partial charge in [-0.1, -0.05) is 19.8 Å². The monoisotopic (exact) mass is 222 g/mol. The number of nitrogens with two attached hydrogens (primary N) is 1. The Morgan fingerprint density at radius 2 is 2.06 bits per heavy atom. The van der Waals surface area contributed by atoms with E-state index in [0.29, 0.717) is 11.1 Å². The lowest BCUT2D eigenvalue weighted by molar-refractivity contribution is 0.362. The summed E-state index contributed by atoms with van der Waals surface area (Å²) in [5.74, 6) is -0.282. The van der Waals surface area contributed by atoms with Crippen LogP contribution in [0, 0.1) is 11.2 Å². The zero-order chi connectivity index (χ0) is 11.6. The second kappa shape index (κ2) is 4.32. The van der Waals surface area contributed by atoms with E-state index in [2.05, 4.69) is 12.2 Å². The summed E-state index contributed by atoms with van der Waals surface area (Å²) in [4.78, 5) is 0. The highest BCUT2D eigenvalue weighted by Gasteiger charge is 2.28. The topological polar surface area (TPSA) is 38.0 Å². The molecule has 2 rings (SSSR count). The molecule has 2 nitrogen and oxygen atoms in total. The van der Waals surface area contributed by atoms with Crippen LogP contribution in [0.4, 0.5) is 15.8 Å². The van der Waals surface area contributed by atoms with Gasteiger partial charge in [-0.05, 0) is 36.5 Å². The van der Waals surface area contributed by atoms with Crippen LogP contribution < -0.4 is 11.1 Å². The number of hydrogen-bond donors (Lipinski definition) is 2. The lowest BCUT2D eigenvalue weighted by atomic mass is 9.89. The van der Waals surface area contributed by atoms with Crippen LogP contribution in [0.15, 0.2) is 18.2 Å². The largest absolute Gasteiger partial charge is 0.397 e. The quantitative estimate of drug-likeness (QED) is 0.769. The van der Waals surface area contributed by atoms with Crippen LogP contribution in [0.3, 0.4) is 0 Å². The third-order valence-corrected chi connectivity index (χ3v) is 3.53. The highest BCUT2D eigenvalue weighted by atomic mass is 19.1. The standard InChI is InChI=1S/C13H19FN2/c1-13(6-2-3-7-13)9-16-12-5-4-10(14)8-11(12)15/h4-5,8,16H,2-3,6-7,9,15H2,1H3. The summed E-state index contributed by atoms with van der Waals surface area (Å²) in [5, 5.41) is 3.33. The lowest BCUT2D eigenvalue weighted by Gasteiger charge is -2.24. The van der Waals surface area contributed by atoms with Crippen LogP contribution in [0.5, 0.6) is 0 Å². The van der Waals surface area contributed by atoms with Crippen molar-refractivity contribution in [2.45, 2.75) is 32.6 Å². The fourth-order valence-corrected chi connectivity index (χ4v) is 2.41. The van der Waals surface area contributed by atoms with E-state index >= 15 is 0 Å². The molecule has 0 amide bonds. The normalized spacial score (nSPS) is 18.6. The Kier molecular flexibility index (Phi) is 3.03. The molecule has 1 aromatic carbocycles. The summed E-state index contributed by atoms with van der Waals surface area (Å²) in [7, 11) is 0. The van der Waals surface area contributed by atoms with Gasteiger partial charge in [-0.3, -0.25) is 0 Å². The van der Waals surface area contributed by atoms with Gasteiger partial charge in [-0.25, -0.2) is 4.39 Å². The third-order valence-electron chi connectivity index (χ3n) is 3.53. The van der Waals surface area contributed by atoms with Gasteiger partial charge in [-0.2, -0.15) is 0 Å². The zero-order valence-electron chi connectivity index (χ0n) is 9.72. The fraction of sp³-hybridized carbons (Fsp3) is 0.538. The predicted molar refractivity (Wildman–Crippen MR) is 65.9 cm³/mol. The van der Waals surface area contributed by atoms with E-state index in [-0.39, 0.29) is 5.82 Å². The van der Waals surface area contributed by atoms with Crippen molar-refractivity contribution >= 4 is 11.4 Å². The van der Waals surface area contributed by atoms with Crippen LogP contribution >= 0.6 is 0 Å². The van der Waals surface area contributed by atoms with Gasteiger partial charge in [0, 0.05) is 6.54 Å². The van der Waals surface area contributed by atoms with Crippen molar-refractivity contribution in [1.82, 2.24) is 0 Å². The molecule has 1 aromatic rings. The van der Waals surface area contributed by atoms with Gasteiger partial charge < -0.3 is 11.1 Å². The zero-order valence-corrected chi connectivity index (χ0v) is 9.72. The summed E-state index contributed by atoms with van der Waals surface area (Å²) in [5.41, 5.74) is 7.45. The molecule has 1 aliphatic carbocycles. The van der Waals surface area contributed by atoms with E-state index in [1.54, 1.807) is 6.07 Å². The fourth-order valence-electron chi connectivity index (χ4n) is 2.41. The van der Waals surface area contributed by atoms with Gasteiger partial charge in [0.25, 0.3) is 0 Å². The van der Waals surface area contributed by atoms with Crippen molar-refractivity contribution < 1.29 is 4.39 Å². The molecule has 0 aromatic heterocycles. The number of benzene rings is 1. The van der Waals surface area contributed by atoms with Gasteiger partial charge in [0.05, 0.1) is 11.4 Å². The lowest BCUT2D eigenvalue weighted by Crippen LogP contribution is -2.23. The maximum atomic E-state index is 12.9. The molecule has 0 bridgehead atoms. The van der Waals surface area contributed by atoms with Gasteiger partial charge >= 0.3 is 0 Å². The molecule has 88 valence electrons. The van der Waals surface area contributed by atoms with Gasteiger partial charge in [0.1, 0.15) is 5.82 Å². The average Bonchev–Trinajstić information content (AvgIpc) is 2.64. The molecule has 0 aliphatic heterocycles. The van der Waals surface area contributed by atoms with Crippen molar-refractivity contribution in [3.05, 3.63) is 24.0 Å². The van der Waals surface area contributed by atoms with Crippen molar-refractivity contribution in [3.8, 4) is 0 Å². The minimum absolute atomic E-state index is 0.282. The smallest absolute Gasteiger partial charge is 0.125 e. The number of hydrogen-bond acceptors (Lipinski definition) is 2.